The van der Waals surface area contributed by atoms with Crippen LogP contribution in [0, 0.1) is 0 Å². The molecule has 1 aromatic heterocycles. The Kier molecular flexibility index (Phi) is 5.83. The first-order valence-corrected chi connectivity index (χ1v) is 8.39. The molecule has 132 valence electrons. The van der Waals surface area contributed by atoms with Gasteiger partial charge in [-0.25, -0.2) is 5.43 Å². The van der Waals surface area contributed by atoms with Crippen LogP contribution in [0.5, 0.6) is 5.75 Å². The van der Waals surface area contributed by atoms with E-state index >= 15 is 0 Å². The molecule has 1 heterocycles. The van der Waals surface area contributed by atoms with Crippen molar-refractivity contribution in [1.29, 1.82) is 0 Å². The van der Waals surface area contributed by atoms with Crippen molar-refractivity contribution in [3.05, 3.63) is 89.7 Å². The summed E-state index contributed by atoms with van der Waals surface area (Å²) in [7, 11) is 1.91. The molecule has 5 heteroatoms. The van der Waals surface area contributed by atoms with Gasteiger partial charge in [0, 0.05) is 18.9 Å². The van der Waals surface area contributed by atoms with Gasteiger partial charge >= 0.3 is 0 Å². The van der Waals surface area contributed by atoms with Crippen LogP contribution in [-0.2, 0) is 24.9 Å². The molecule has 2 aromatic carbocycles. The molecule has 1 amide bonds. The van der Waals surface area contributed by atoms with Gasteiger partial charge in [0.2, 0.25) is 5.91 Å². The largest absolute Gasteiger partial charge is 0.489 e. The topological polar surface area (TPSA) is 55.6 Å². The van der Waals surface area contributed by atoms with Crippen molar-refractivity contribution >= 4 is 12.1 Å². The second-order valence-corrected chi connectivity index (χ2v) is 5.92. The summed E-state index contributed by atoms with van der Waals surface area (Å²) in [6.45, 7) is 0.531. The summed E-state index contributed by atoms with van der Waals surface area (Å²) < 4.78 is 7.66. The van der Waals surface area contributed by atoms with E-state index in [2.05, 4.69) is 10.5 Å². The van der Waals surface area contributed by atoms with Crippen LogP contribution in [0.25, 0.3) is 0 Å². The molecule has 0 bridgehead atoms. The minimum atomic E-state index is -0.147. The highest BCUT2D eigenvalue weighted by Crippen LogP contribution is 2.13. The fourth-order valence-electron chi connectivity index (χ4n) is 2.45. The third-order valence-electron chi connectivity index (χ3n) is 3.92. The minimum Gasteiger partial charge on any atom is -0.489 e. The Morgan fingerprint density at radius 3 is 2.54 bits per heavy atom. The minimum absolute atomic E-state index is 0.147. The lowest BCUT2D eigenvalue weighted by atomic mass is 10.2. The molecular formula is C21H21N3O2. The van der Waals surface area contributed by atoms with E-state index < -0.39 is 0 Å². The van der Waals surface area contributed by atoms with Gasteiger partial charge in [0.15, 0.2) is 0 Å². The van der Waals surface area contributed by atoms with Gasteiger partial charge in [-0.05, 0) is 47.5 Å². The van der Waals surface area contributed by atoms with Crippen LogP contribution in [0.15, 0.2) is 78.0 Å². The van der Waals surface area contributed by atoms with Crippen molar-refractivity contribution in [2.45, 2.75) is 13.0 Å². The number of carbonyl (C=O) groups excluding carboxylic acids is 1. The van der Waals surface area contributed by atoms with Gasteiger partial charge in [-0.2, -0.15) is 5.10 Å². The molecule has 3 aromatic rings. The van der Waals surface area contributed by atoms with E-state index in [1.165, 1.54) is 0 Å². The fraction of sp³-hybridized carbons (Fsp3) is 0.143. The Hall–Kier alpha value is -3.34. The predicted molar refractivity (Wildman–Crippen MR) is 102 cm³/mol. The van der Waals surface area contributed by atoms with E-state index in [9.17, 15) is 4.79 Å². The van der Waals surface area contributed by atoms with Crippen molar-refractivity contribution in [2.75, 3.05) is 0 Å². The quantitative estimate of drug-likeness (QED) is 0.527. The molecule has 5 nitrogen and oxygen atoms in total. The summed E-state index contributed by atoms with van der Waals surface area (Å²) in [5.74, 6) is 0.643. The number of ether oxygens (including phenoxy) is 1. The van der Waals surface area contributed by atoms with E-state index in [0.29, 0.717) is 13.0 Å². The number of hydrogen-bond donors (Lipinski definition) is 1. The Balaban J connectivity index is 1.47. The molecular weight excluding hydrogens is 326 g/mol. The molecule has 0 atom stereocenters. The van der Waals surface area contributed by atoms with Gasteiger partial charge in [0.1, 0.15) is 12.4 Å². The highest BCUT2D eigenvalue weighted by molar-refractivity contribution is 5.83. The van der Waals surface area contributed by atoms with E-state index in [1.807, 2.05) is 84.5 Å². The lowest BCUT2D eigenvalue weighted by molar-refractivity contribution is -0.120. The van der Waals surface area contributed by atoms with Gasteiger partial charge in [0.05, 0.1) is 12.6 Å². The van der Waals surface area contributed by atoms with Crippen molar-refractivity contribution in [2.24, 2.45) is 12.1 Å². The number of hydrazone groups is 1. The number of amides is 1. The van der Waals surface area contributed by atoms with Gasteiger partial charge in [-0.15, -0.1) is 0 Å². The Morgan fingerprint density at radius 1 is 1.08 bits per heavy atom. The normalized spacial score (nSPS) is 10.8. The summed E-state index contributed by atoms with van der Waals surface area (Å²) in [5, 5.41) is 4.00. The molecule has 26 heavy (non-hydrogen) atoms. The molecule has 0 unspecified atom stereocenters. The highest BCUT2D eigenvalue weighted by atomic mass is 16.5. The average Bonchev–Trinajstić information content (AvgIpc) is 3.06. The zero-order valence-electron chi connectivity index (χ0n) is 14.6. The standard InChI is InChI=1S/C21H21N3O2/c1-24-13-5-8-19(24)14-21(25)23-22-15-17-9-11-20(12-10-17)26-16-18-6-3-2-4-7-18/h2-13,15H,14,16H2,1H3,(H,23,25). The molecule has 0 saturated carbocycles. The number of aromatic nitrogens is 1. The fourth-order valence-corrected chi connectivity index (χ4v) is 2.45. The predicted octanol–water partition coefficient (Wildman–Crippen LogP) is 3.30. The highest BCUT2D eigenvalue weighted by Gasteiger charge is 2.04. The molecule has 0 radical (unpaired) electrons. The van der Waals surface area contributed by atoms with Gasteiger partial charge in [-0.3, -0.25) is 4.79 Å². The van der Waals surface area contributed by atoms with Crippen molar-refractivity contribution in [3.8, 4) is 5.75 Å². The zero-order valence-corrected chi connectivity index (χ0v) is 14.6. The van der Waals surface area contributed by atoms with E-state index in [-0.39, 0.29) is 5.91 Å². The molecule has 0 aliphatic carbocycles. The van der Waals surface area contributed by atoms with Gasteiger partial charge in [-0.1, -0.05) is 30.3 Å². The summed E-state index contributed by atoms with van der Waals surface area (Å²) in [4.78, 5) is 11.9. The first-order chi connectivity index (χ1) is 12.7. The van der Waals surface area contributed by atoms with Crippen molar-refractivity contribution < 1.29 is 9.53 Å². The van der Waals surface area contributed by atoms with Gasteiger partial charge < -0.3 is 9.30 Å². The Labute approximate surface area is 152 Å². The third kappa shape index (κ3) is 5.08. The van der Waals surface area contributed by atoms with Crippen LogP contribution >= 0.6 is 0 Å². The van der Waals surface area contributed by atoms with Crippen LogP contribution in [0.4, 0.5) is 0 Å². The van der Waals surface area contributed by atoms with E-state index in [0.717, 1.165) is 22.6 Å². The molecule has 0 saturated heterocycles. The molecule has 0 spiro atoms. The summed E-state index contributed by atoms with van der Waals surface area (Å²) in [5.41, 5.74) is 5.50. The number of nitrogens with zero attached hydrogens (tertiary/aromatic N) is 2. The molecule has 0 aliphatic rings. The second kappa shape index (κ2) is 8.67. The summed E-state index contributed by atoms with van der Waals surface area (Å²) in [6, 6.07) is 21.4. The first kappa shape index (κ1) is 17.5. The Bertz CT molecular complexity index is 868. The maximum atomic E-state index is 11.9. The van der Waals surface area contributed by atoms with Crippen LogP contribution in [-0.4, -0.2) is 16.7 Å². The maximum absolute atomic E-state index is 11.9. The lowest BCUT2D eigenvalue weighted by Gasteiger charge is -2.06. The maximum Gasteiger partial charge on any atom is 0.245 e. The second-order valence-electron chi connectivity index (χ2n) is 5.92. The SMILES string of the molecule is Cn1cccc1CC(=O)NN=Cc1ccc(OCc2ccccc2)cc1. The Morgan fingerprint density at radius 2 is 1.85 bits per heavy atom. The molecule has 0 aliphatic heterocycles. The molecule has 0 fully saturated rings. The third-order valence-corrected chi connectivity index (χ3v) is 3.92. The first-order valence-electron chi connectivity index (χ1n) is 8.39. The monoisotopic (exact) mass is 347 g/mol. The number of hydrogen-bond acceptors (Lipinski definition) is 3. The zero-order chi connectivity index (χ0) is 18.2. The summed E-state index contributed by atoms with van der Waals surface area (Å²) >= 11 is 0. The summed E-state index contributed by atoms with van der Waals surface area (Å²) in [6.07, 6.45) is 3.82. The van der Waals surface area contributed by atoms with Crippen LogP contribution in [0.2, 0.25) is 0 Å². The number of rotatable bonds is 7. The van der Waals surface area contributed by atoms with Crippen LogP contribution in [0.1, 0.15) is 16.8 Å². The number of aryl methyl sites for hydroxylation is 1. The van der Waals surface area contributed by atoms with E-state index in [4.69, 9.17) is 4.74 Å². The molecule has 1 N–H and O–H groups in total. The number of benzene rings is 2. The van der Waals surface area contributed by atoms with Crippen molar-refractivity contribution in [1.82, 2.24) is 9.99 Å². The van der Waals surface area contributed by atoms with E-state index in [1.54, 1.807) is 6.21 Å². The molecule has 3 rings (SSSR count). The average molecular weight is 347 g/mol. The number of nitrogens with one attached hydrogen (secondary N) is 1. The lowest BCUT2D eigenvalue weighted by Crippen LogP contribution is -2.20. The van der Waals surface area contributed by atoms with Crippen LogP contribution in [0.3, 0.4) is 0 Å². The van der Waals surface area contributed by atoms with Crippen molar-refractivity contribution in [3.63, 3.8) is 0 Å². The number of carbonyl (C=O) groups is 1. The van der Waals surface area contributed by atoms with Gasteiger partial charge in [0.25, 0.3) is 0 Å². The smallest absolute Gasteiger partial charge is 0.245 e. The van der Waals surface area contributed by atoms with Crippen LogP contribution < -0.4 is 10.2 Å².